The monoisotopic (exact) mass is 553 g/mol. The van der Waals surface area contributed by atoms with Crippen molar-refractivity contribution in [3.05, 3.63) is 48.0 Å². The third-order valence-corrected chi connectivity index (χ3v) is 9.68. The molecule has 0 radical (unpaired) electrons. The van der Waals surface area contributed by atoms with Gasteiger partial charge in [0.15, 0.2) is 11.5 Å². The molecular formula is C25H35N3O7S2. The fourth-order valence-corrected chi connectivity index (χ4v) is 6.97. The van der Waals surface area contributed by atoms with E-state index >= 15 is 0 Å². The van der Waals surface area contributed by atoms with E-state index in [2.05, 4.69) is 10.0 Å². The van der Waals surface area contributed by atoms with Crippen molar-refractivity contribution in [2.45, 2.75) is 54.9 Å². The second kappa shape index (κ2) is 12.7. The number of aryl methyl sites for hydroxylation is 1. The zero-order valence-corrected chi connectivity index (χ0v) is 23.0. The van der Waals surface area contributed by atoms with Crippen molar-refractivity contribution in [3.8, 4) is 11.5 Å². The van der Waals surface area contributed by atoms with E-state index in [9.17, 15) is 21.6 Å². The molecule has 0 spiro atoms. The summed E-state index contributed by atoms with van der Waals surface area (Å²) in [6.07, 6.45) is 4.11. The molecule has 0 aromatic heterocycles. The fraction of sp³-hybridized carbons (Fsp3) is 0.480. The van der Waals surface area contributed by atoms with Crippen molar-refractivity contribution < 1.29 is 31.1 Å². The number of nitrogens with one attached hydrogen (secondary N) is 2. The van der Waals surface area contributed by atoms with Gasteiger partial charge in [-0.1, -0.05) is 37.0 Å². The Kier molecular flexibility index (Phi) is 9.93. The molecule has 3 rings (SSSR count). The maximum atomic E-state index is 13.6. The summed E-state index contributed by atoms with van der Waals surface area (Å²) in [4.78, 5) is 12.9. The molecule has 2 N–H and O–H groups in total. The number of carbonyl (C=O) groups excluding carboxylic acids is 1. The number of methoxy groups -OCH3 is 2. The summed E-state index contributed by atoms with van der Waals surface area (Å²) in [6.45, 7) is 1.47. The minimum atomic E-state index is -4.02. The summed E-state index contributed by atoms with van der Waals surface area (Å²) >= 11 is 0. The van der Waals surface area contributed by atoms with Crippen LogP contribution in [0.25, 0.3) is 0 Å². The molecule has 1 aliphatic rings. The molecule has 1 aliphatic carbocycles. The summed E-state index contributed by atoms with van der Waals surface area (Å²) in [7, 11) is -4.85. The van der Waals surface area contributed by atoms with Crippen LogP contribution < -0.4 is 19.5 Å². The topological polar surface area (TPSA) is 131 Å². The Morgan fingerprint density at radius 3 is 2.14 bits per heavy atom. The lowest BCUT2D eigenvalue weighted by atomic mass is 9.95. The molecule has 10 nitrogen and oxygen atoms in total. The number of carbonyl (C=O) groups is 1. The first-order chi connectivity index (χ1) is 17.6. The first kappa shape index (κ1) is 28.9. The number of hydrogen-bond acceptors (Lipinski definition) is 7. The van der Waals surface area contributed by atoms with Crippen LogP contribution in [0.1, 0.15) is 37.7 Å². The van der Waals surface area contributed by atoms with Crippen LogP contribution in [-0.2, 0) is 24.8 Å². The molecule has 0 saturated heterocycles. The van der Waals surface area contributed by atoms with Crippen LogP contribution in [0.5, 0.6) is 11.5 Å². The van der Waals surface area contributed by atoms with Crippen molar-refractivity contribution >= 4 is 26.0 Å². The van der Waals surface area contributed by atoms with Gasteiger partial charge in [0.05, 0.1) is 30.6 Å². The van der Waals surface area contributed by atoms with Crippen LogP contribution in [0, 0.1) is 6.92 Å². The average molecular weight is 554 g/mol. The normalized spacial score (nSPS) is 14.9. The van der Waals surface area contributed by atoms with Gasteiger partial charge in [-0.05, 0) is 44.0 Å². The number of sulfonamides is 2. The number of amides is 1. The number of rotatable bonds is 12. The first-order valence-electron chi connectivity index (χ1n) is 12.2. The van der Waals surface area contributed by atoms with Crippen molar-refractivity contribution in [2.75, 3.05) is 33.9 Å². The quantitative estimate of drug-likeness (QED) is 0.386. The van der Waals surface area contributed by atoms with Gasteiger partial charge in [0.25, 0.3) is 0 Å². The maximum absolute atomic E-state index is 13.6. The standard InChI is InChI=1S/C25H35N3O7S2/c1-19-9-11-21(12-10-19)36(30,31)27-16-15-26-25(29)18-28(20-7-5-4-6-8-20)37(32,33)22-13-14-23(34-2)24(17-22)35-3/h9-14,17,20,27H,4-8,15-16,18H2,1-3H3,(H,26,29). The van der Waals surface area contributed by atoms with Gasteiger partial charge in [-0.3, -0.25) is 4.79 Å². The van der Waals surface area contributed by atoms with Gasteiger partial charge in [0.1, 0.15) is 0 Å². The highest BCUT2D eigenvalue weighted by molar-refractivity contribution is 7.89. The molecular weight excluding hydrogens is 518 g/mol. The summed E-state index contributed by atoms with van der Waals surface area (Å²) < 4.78 is 66.3. The van der Waals surface area contributed by atoms with Gasteiger partial charge >= 0.3 is 0 Å². The first-order valence-corrected chi connectivity index (χ1v) is 15.1. The van der Waals surface area contributed by atoms with E-state index in [1.54, 1.807) is 12.1 Å². The Bertz CT molecular complexity index is 1270. The number of benzene rings is 2. The van der Waals surface area contributed by atoms with E-state index in [1.807, 2.05) is 6.92 Å². The lowest BCUT2D eigenvalue weighted by molar-refractivity contribution is -0.121. The Morgan fingerprint density at radius 2 is 1.51 bits per heavy atom. The molecule has 0 unspecified atom stereocenters. The third kappa shape index (κ3) is 7.44. The number of nitrogens with zero attached hydrogens (tertiary/aromatic N) is 1. The molecule has 0 aliphatic heterocycles. The molecule has 0 heterocycles. The highest BCUT2D eigenvalue weighted by Gasteiger charge is 2.34. The molecule has 1 saturated carbocycles. The van der Waals surface area contributed by atoms with Gasteiger partial charge in [-0.2, -0.15) is 4.31 Å². The highest BCUT2D eigenvalue weighted by Crippen LogP contribution is 2.33. The fourth-order valence-electron chi connectivity index (χ4n) is 4.28. The van der Waals surface area contributed by atoms with E-state index in [0.717, 1.165) is 24.8 Å². The maximum Gasteiger partial charge on any atom is 0.243 e. The van der Waals surface area contributed by atoms with Crippen molar-refractivity contribution in [1.29, 1.82) is 0 Å². The highest BCUT2D eigenvalue weighted by atomic mass is 32.2. The molecule has 12 heteroatoms. The molecule has 1 amide bonds. The van der Waals surface area contributed by atoms with Gasteiger partial charge < -0.3 is 14.8 Å². The van der Waals surface area contributed by atoms with Gasteiger partial charge in [-0.25, -0.2) is 21.6 Å². The van der Waals surface area contributed by atoms with E-state index < -0.39 is 26.0 Å². The van der Waals surface area contributed by atoms with E-state index in [0.29, 0.717) is 18.6 Å². The van der Waals surface area contributed by atoms with E-state index in [4.69, 9.17) is 9.47 Å². The van der Waals surface area contributed by atoms with E-state index in [1.165, 1.54) is 48.9 Å². The summed E-state index contributed by atoms with van der Waals surface area (Å²) in [5.74, 6) is 0.165. The zero-order chi connectivity index (χ0) is 27.1. The van der Waals surface area contributed by atoms with Crippen LogP contribution in [0.3, 0.4) is 0 Å². The van der Waals surface area contributed by atoms with Gasteiger partial charge in [-0.15, -0.1) is 0 Å². The Balaban J connectivity index is 1.68. The second-order valence-electron chi connectivity index (χ2n) is 8.92. The zero-order valence-electron chi connectivity index (χ0n) is 21.4. The Labute approximate surface area is 219 Å². The molecule has 204 valence electrons. The minimum absolute atomic E-state index is 0.00869. The summed E-state index contributed by atoms with van der Waals surface area (Å²) in [5, 5.41) is 2.63. The van der Waals surface area contributed by atoms with Gasteiger partial charge in [0.2, 0.25) is 26.0 Å². The third-order valence-electron chi connectivity index (χ3n) is 6.31. The minimum Gasteiger partial charge on any atom is -0.493 e. The summed E-state index contributed by atoms with van der Waals surface area (Å²) in [6, 6.07) is 10.5. The number of hydrogen-bond donors (Lipinski definition) is 2. The molecule has 1 fully saturated rings. The molecule has 0 atom stereocenters. The van der Waals surface area contributed by atoms with Gasteiger partial charge in [0, 0.05) is 25.2 Å². The lowest BCUT2D eigenvalue weighted by Crippen LogP contribution is -2.47. The van der Waals surface area contributed by atoms with Crippen molar-refractivity contribution in [1.82, 2.24) is 14.3 Å². The largest absolute Gasteiger partial charge is 0.493 e. The van der Waals surface area contributed by atoms with Crippen molar-refractivity contribution in [3.63, 3.8) is 0 Å². The second-order valence-corrected chi connectivity index (χ2v) is 12.6. The average Bonchev–Trinajstić information content (AvgIpc) is 2.90. The molecule has 0 bridgehead atoms. The number of ether oxygens (including phenoxy) is 2. The molecule has 2 aromatic carbocycles. The Hall–Kier alpha value is -2.67. The predicted molar refractivity (Wildman–Crippen MR) is 140 cm³/mol. The predicted octanol–water partition coefficient (Wildman–Crippen LogP) is 2.43. The molecule has 2 aromatic rings. The lowest BCUT2D eigenvalue weighted by Gasteiger charge is -2.33. The van der Waals surface area contributed by atoms with Crippen LogP contribution in [0.4, 0.5) is 0 Å². The van der Waals surface area contributed by atoms with Crippen LogP contribution in [-0.4, -0.2) is 66.9 Å². The van der Waals surface area contributed by atoms with E-state index in [-0.39, 0.29) is 41.2 Å². The van der Waals surface area contributed by atoms with Crippen LogP contribution in [0.2, 0.25) is 0 Å². The van der Waals surface area contributed by atoms with Crippen LogP contribution >= 0.6 is 0 Å². The Morgan fingerprint density at radius 1 is 0.892 bits per heavy atom. The SMILES string of the molecule is COc1ccc(S(=O)(=O)N(CC(=O)NCCNS(=O)(=O)c2ccc(C)cc2)C2CCCCC2)cc1OC. The van der Waals surface area contributed by atoms with Crippen LogP contribution in [0.15, 0.2) is 52.3 Å². The summed E-state index contributed by atoms with van der Waals surface area (Å²) in [5.41, 5.74) is 0.941. The van der Waals surface area contributed by atoms with Crippen molar-refractivity contribution in [2.24, 2.45) is 0 Å². The molecule has 37 heavy (non-hydrogen) atoms. The smallest absolute Gasteiger partial charge is 0.243 e.